The molecule has 4 aromatic rings. The van der Waals surface area contributed by atoms with E-state index in [4.69, 9.17) is 16.3 Å². The normalized spacial score (nSPS) is 10.6. The molecule has 10 heteroatoms. The van der Waals surface area contributed by atoms with Gasteiger partial charge < -0.3 is 10.1 Å². The molecule has 30 heavy (non-hydrogen) atoms. The second-order valence-corrected chi connectivity index (χ2v) is 6.61. The predicted octanol–water partition coefficient (Wildman–Crippen LogP) is 3.78. The number of benzene rings is 2. The van der Waals surface area contributed by atoms with Gasteiger partial charge >= 0.3 is 0 Å². The molecule has 0 spiro atoms. The van der Waals surface area contributed by atoms with Crippen LogP contribution in [0.4, 0.5) is 4.39 Å². The molecule has 0 aliphatic carbocycles. The van der Waals surface area contributed by atoms with E-state index >= 15 is 0 Å². The molecule has 0 unspecified atom stereocenters. The van der Waals surface area contributed by atoms with E-state index in [1.54, 1.807) is 0 Å². The minimum Gasteiger partial charge on any atom is -0.438 e. The summed E-state index contributed by atoms with van der Waals surface area (Å²) in [6.07, 6.45) is 1.37. The molecule has 0 bridgehead atoms. The van der Waals surface area contributed by atoms with Gasteiger partial charge in [0.1, 0.15) is 17.1 Å². The molecule has 4 rings (SSSR count). The number of aromatic nitrogens is 5. The lowest BCUT2D eigenvalue weighted by atomic mass is 10.1. The summed E-state index contributed by atoms with van der Waals surface area (Å²) in [6, 6.07) is 14.2. The third-order valence-corrected chi connectivity index (χ3v) is 4.31. The quantitative estimate of drug-likeness (QED) is 0.488. The van der Waals surface area contributed by atoms with E-state index in [1.165, 1.54) is 36.5 Å². The molecule has 2 aromatic carbocycles. The highest BCUT2D eigenvalue weighted by Gasteiger charge is 2.16. The number of rotatable bonds is 6. The van der Waals surface area contributed by atoms with E-state index in [1.807, 2.05) is 24.3 Å². The van der Waals surface area contributed by atoms with Gasteiger partial charge in [0.25, 0.3) is 5.91 Å². The molecule has 2 N–H and O–H groups in total. The Hall–Kier alpha value is -3.85. The van der Waals surface area contributed by atoms with Crippen LogP contribution in [0.3, 0.4) is 0 Å². The summed E-state index contributed by atoms with van der Waals surface area (Å²) >= 11 is 6.00. The number of hydrogen-bond donors (Lipinski definition) is 2. The van der Waals surface area contributed by atoms with Crippen LogP contribution in [0, 0.1) is 5.82 Å². The van der Waals surface area contributed by atoms with Crippen molar-refractivity contribution in [3.05, 3.63) is 82.8 Å². The van der Waals surface area contributed by atoms with Gasteiger partial charge in [-0.25, -0.2) is 9.37 Å². The molecule has 150 valence electrons. The number of amides is 1. The van der Waals surface area contributed by atoms with E-state index < -0.39 is 11.7 Å². The first-order valence-corrected chi connectivity index (χ1v) is 9.16. The van der Waals surface area contributed by atoms with Gasteiger partial charge in [-0.3, -0.25) is 4.79 Å². The number of hydrogen-bond acceptors (Lipinski definition) is 6. The molecule has 0 atom stereocenters. The molecule has 0 saturated heterocycles. The van der Waals surface area contributed by atoms with Crippen LogP contribution in [-0.2, 0) is 6.54 Å². The number of carbonyl (C=O) groups is 1. The van der Waals surface area contributed by atoms with Crippen LogP contribution in [0.25, 0.3) is 11.4 Å². The lowest BCUT2D eigenvalue weighted by Gasteiger charge is -2.11. The standard InChI is InChI=1S/C20H14ClFN6O2/c21-14-9-17(20(24-11-14)30-16-7-5-15(22)6-8-16)19(29)23-10-12-1-3-13(4-2-12)18-25-27-28-26-18/h1-9,11H,10H2,(H,23,29)(H,25,26,27,28). The molecule has 0 aliphatic heterocycles. The Morgan fingerprint density at radius 2 is 1.90 bits per heavy atom. The Bertz CT molecular complexity index is 1150. The third kappa shape index (κ3) is 4.58. The molecule has 2 aromatic heterocycles. The van der Waals surface area contributed by atoms with Gasteiger partial charge in [0, 0.05) is 18.3 Å². The minimum absolute atomic E-state index is 0.0657. The van der Waals surface area contributed by atoms with Crippen molar-refractivity contribution in [2.45, 2.75) is 6.54 Å². The smallest absolute Gasteiger partial charge is 0.257 e. The molecular weight excluding hydrogens is 411 g/mol. The van der Waals surface area contributed by atoms with Crippen molar-refractivity contribution in [2.24, 2.45) is 0 Å². The van der Waals surface area contributed by atoms with E-state index in [2.05, 4.69) is 30.9 Å². The van der Waals surface area contributed by atoms with Gasteiger partial charge in [-0.1, -0.05) is 35.9 Å². The number of aromatic amines is 1. The van der Waals surface area contributed by atoms with E-state index in [-0.39, 0.29) is 23.0 Å². The topological polar surface area (TPSA) is 106 Å². The molecular formula is C20H14ClFN6O2. The van der Waals surface area contributed by atoms with Crippen LogP contribution in [0.1, 0.15) is 15.9 Å². The summed E-state index contributed by atoms with van der Waals surface area (Å²) in [5, 5.41) is 16.8. The van der Waals surface area contributed by atoms with Crippen LogP contribution in [0.15, 0.2) is 60.8 Å². The van der Waals surface area contributed by atoms with Crippen molar-refractivity contribution in [3.8, 4) is 23.0 Å². The molecule has 0 radical (unpaired) electrons. The largest absolute Gasteiger partial charge is 0.438 e. The SMILES string of the molecule is O=C(NCc1ccc(-c2nn[nH]n2)cc1)c1cc(Cl)cnc1Oc1ccc(F)cc1. The Morgan fingerprint density at radius 1 is 1.13 bits per heavy atom. The first-order valence-electron chi connectivity index (χ1n) is 8.78. The van der Waals surface area contributed by atoms with Crippen LogP contribution in [0.5, 0.6) is 11.6 Å². The maximum Gasteiger partial charge on any atom is 0.257 e. The zero-order valence-corrected chi connectivity index (χ0v) is 16.1. The van der Waals surface area contributed by atoms with E-state index in [9.17, 15) is 9.18 Å². The summed E-state index contributed by atoms with van der Waals surface area (Å²) in [6.45, 7) is 0.272. The van der Waals surface area contributed by atoms with Gasteiger partial charge in [0.2, 0.25) is 11.7 Å². The number of carbonyl (C=O) groups excluding carboxylic acids is 1. The summed E-state index contributed by atoms with van der Waals surface area (Å²) in [5.74, 6) is 0.0885. The Kier molecular flexibility index (Phi) is 5.62. The zero-order valence-electron chi connectivity index (χ0n) is 15.3. The molecule has 2 heterocycles. The molecule has 0 aliphatic rings. The van der Waals surface area contributed by atoms with E-state index in [0.717, 1.165) is 11.1 Å². The van der Waals surface area contributed by atoms with Gasteiger partial charge in [0.15, 0.2) is 0 Å². The summed E-state index contributed by atoms with van der Waals surface area (Å²) < 4.78 is 18.7. The van der Waals surface area contributed by atoms with Crippen LogP contribution >= 0.6 is 11.6 Å². The highest BCUT2D eigenvalue weighted by atomic mass is 35.5. The fraction of sp³-hybridized carbons (Fsp3) is 0.0500. The molecule has 0 fully saturated rings. The first-order chi connectivity index (χ1) is 14.6. The van der Waals surface area contributed by atoms with Crippen molar-refractivity contribution in [1.29, 1.82) is 0 Å². The Morgan fingerprint density at radius 3 is 2.60 bits per heavy atom. The number of ether oxygens (including phenoxy) is 1. The van der Waals surface area contributed by atoms with Crippen molar-refractivity contribution >= 4 is 17.5 Å². The monoisotopic (exact) mass is 424 g/mol. The van der Waals surface area contributed by atoms with E-state index in [0.29, 0.717) is 11.6 Å². The van der Waals surface area contributed by atoms with Crippen molar-refractivity contribution < 1.29 is 13.9 Å². The van der Waals surface area contributed by atoms with Gasteiger partial charge in [0.05, 0.1) is 5.02 Å². The molecule has 0 saturated carbocycles. The summed E-state index contributed by atoms with van der Waals surface area (Å²) in [7, 11) is 0. The van der Waals surface area contributed by atoms with Crippen LogP contribution < -0.4 is 10.1 Å². The predicted molar refractivity (Wildman–Crippen MR) is 107 cm³/mol. The highest BCUT2D eigenvalue weighted by molar-refractivity contribution is 6.30. The number of H-pyrrole nitrogens is 1. The molecule has 8 nitrogen and oxygen atoms in total. The highest BCUT2D eigenvalue weighted by Crippen LogP contribution is 2.25. The first kappa shape index (κ1) is 19.5. The van der Waals surface area contributed by atoms with Crippen molar-refractivity contribution in [2.75, 3.05) is 0 Å². The maximum atomic E-state index is 13.1. The Balaban J connectivity index is 1.46. The van der Waals surface area contributed by atoms with Gasteiger partial charge in [-0.2, -0.15) is 5.21 Å². The fourth-order valence-electron chi connectivity index (χ4n) is 2.62. The van der Waals surface area contributed by atoms with Crippen molar-refractivity contribution in [1.82, 2.24) is 30.9 Å². The number of nitrogens with zero attached hydrogens (tertiary/aromatic N) is 4. The number of nitrogens with one attached hydrogen (secondary N) is 2. The van der Waals surface area contributed by atoms with Gasteiger partial charge in [-0.15, -0.1) is 10.2 Å². The van der Waals surface area contributed by atoms with Crippen LogP contribution in [-0.4, -0.2) is 31.5 Å². The average molecular weight is 425 g/mol. The Labute approximate surface area is 175 Å². The fourth-order valence-corrected chi connectivity index (χ4v) is 2.78. The number of tetrazole rings is 1. The second-order valence-electron chi connectivity index (χ2n) is 6.18. The second kappa shape index (κ2) is 8.66. The third-order valence-electron chi connectivity index (χ3n) is 4.10. The summed E-state index contributed by atoms with van der Waals surface area (Å²) in [5.41, 5.74) is 1.83. The summed E-state index contributed by atoms with van der Waals surface area (Å²) in [4.78, 5) is 16.8. The van der Waals surface area contributed by atoms with Crippen molar-refractivity contribution in [3.63, 3.8) is 0 Å². The average Bonchev–Trinajstić information content (AvgIpc) is 3.30. The number of halogens is 2. The maximum absolute atomic E-state index is 13.1. The van der Waals surface area contributed by atoms with Crippen LogP contribution in [0.2, 0.25) is 5.02 Å². The number of pyridine rings is 1. The minimum atomic E-state index is -0.413. The van der Waals surface area contributed by atoms with Gasteiger partial charge in [-0.05, 0) is 41.1 Å². The molecule has 1 amide bonds. The zero-order chi connectivity index (χ0) is 20.9. The lowest BCUT2D eigenvalue weighted by molar-refractivity contribution is 0.0948. The lowest BCUT2D eigenvalue weighted by Crippen LogP contribution is -2.23.